The molecule has 0 aliphatic heterocycles. The molecule has 0 spiro atoms. The summed E-state index contributed by atoms with van der Waals surface area (Å²) in [6, 6.07) is -0.644. The fraction of sp³-hybridized carbons (Fsp3) is 0.800. The van der Waals surface area contributed by atoms with E-state index in [1.54, 1.807) is 0 Å². The van der Waals surface area contributed by atoms with Crippen molar-refractivity contribution >= 4 is 12.3 Å². The Bertz CT molecular complexity index is 192. The number of carbonyl (C=O) groups excluding carboxylic acids is 2. The average Bonchev–Trinajstić information content (AvgIpc) is 2.15. The first-order chi connectivity index (χ1) is 6.52. The highest BCUT2D eigenvalue weighted by atomic mass is 16.5. The van der Waals surface area contributed by atoms with Gasteiger partial charge in [-0.25, -0.2) is 0 Å². The Labute approximate surface area is 84.8 Å². The Morgan fingerprint density at radius 1 is 1.50 bits per heavy atom. The van der Waals surface area contributed by atoms with E-state index in [-0.39, 0.29) is 5.92 Å². The van der Waals surface area contributed by atoms with Crippen molar-refractivity contribution in [1.29, 1.82) is 0 Å². The van der Waals surface area contributed by atoms with Crippen LogP contribution in [0.25, 0.3) is 0 Å². The van der Waals surface area contributed by atoms with E-state index in [4.69, 9.17) is 10.5 Å². The molecule has 0 aromatic heterocycles. The predicted molar refractivity (Wildman–Crippen MR) is 53.7 cm³/mol. The summed E-state index contributed by atoms with van der Waals surface area (Å²) in [6.07, 6.45) is 1.36. The van der Waals surface area contributed by atoms with Crippen LogP contribution >= 0.6 is 0 Å². The van der Waals surface area contributed by atoms with Crippen molar-refractivity contribution in [2.45, 2.75) is 45.8 Å². The fourth-order valence-corrected chi connectivity index (χ4v) is 0.939. The summed E-state index contributed by atoms with van der Waals surface area (Å²) in [4.78, 5) is 21.8. The van der Waals surface area contributed by atoms with Gasteiger partial charge in [0.15, 0.2) is 12.4 Å². The highest BCUT2D eigenvalue weighted by molar-refractivity contribution is 5.77. The Morgan fingerprint density at radius 3 is 2.43 bits per heavy atom. The zero-order chi connectivity index (χ0) is 11.1. The number of hydrogen-bond donors (Lipinski definition) is 1. The second kappa shape index (κ2) is 6.54. The van der Waals surface area contributed by atoms with Crippen molar-refractivity contribution in [2.75, 3.05) is 0 Å². The molecular formula is C10H19NO3. The summed E-state index contributed by atoms with van der Waals surface area (Å²) < 4.78 is 4.93. The van der Waals surface area contributed by atoms with E-state index in [0.29, 0.717) is 12.7 Å². The van der Waals surface area contributed by atoms with Gasteiger partial charge in [0.2, 0.25) is 0 Å². The Hall–Kier alpha value is -0.900. The van der Waals surface area contributed by atoms with Crippen LogP contribution in [0.15, 0.2) is 0 Å². The van der Waals surface area contributed by atoms with Crippen LogP contribution in [0.3, 0.4) is 0 Å². The normalized spacial score (nSPS) is 14.9. The summed E-state index contributed by atoms with van der Waals surface area (Å²) in [7, 11) is 0. The maximum absolute atomic E-state index is 11.3. The molecule has 82 valence electrons. The van der Waals surface area contributed by atoms with Crippen LogP contribution in [0.4, 0.5) is 0 Å². The average molecular weight is 201 g/mol. The van der Waals surface area contributed by atoms with Gasteiger partial charge in [-0.05, 0) is 12.3 Å². The fourth-order valence-electron chi connectivity index (χ4n) is 0.939. The quantitative estimate of drug-likeness (QED) is 0.511. The molecule has 0 amide bonds. The predicted octanol–water partition coefficient (Wildman–Crippen LogP) is 0.880. The Balaban J connectivity index is 4.08. The van der Waals surface area contributed by atoms with Gasteiger partial charge in [-0.1, -0.05) is 27.2 Å². The van der Waals surface area contributed by atoms with Gasteiger partial charge >= 0.3 is 5.97 Å². The third kappa shape index (κ3) is 4.37. The molecule has 4 heteroatoms. The molecule has 0 aromatic rings. The molecule has 0 saturated carbocycles. The van der Waals surface area contributed by atoms with E-state index in [1.807, 2.05) is 20.8 Å². The van der Waals surface area contributed by atoms with Crippen molar-refractivity contribution in [3.05, 3.63) is 0 Å². The van der Waals surface area contributed by atoms with E-state index < -0.39 is 18.1 Å². The molecule has 4 nitrogen and oxygen atoms in total. The van der Waals surface area contributed by atoms with Gasteiger partial charge in [0, 0.05) is 0 Å². The minimum atomic E-state index is -0.644. The van der Waals surface area contributed by atoms with Gasteiger partial charge in [-0.3, -0.25) is 9.59 Å². The monoisotopic (exact) mass is 201 g/mol. The first-order valence-corrected chi connectivity index (χ1v) is 4.94. The number of aldehydes is 1. The SMILES string of the molecule is CCCC(C=O)OC(=O)[C@@H](N)C(C)C. The largest absolute Gasteiger partial charge is 0.454 e. The first kappa shape index (κ1) is 13.1. The van der Waals surface area contributed by atoms with Gasteiger partial charge < -0.3 is 10.5 Å². The standard InChI is InChI=1S/C10H19NO3/c1-4-5-8(6-12)14-10(13)9(11)7(2)3/h6-9H,4-5,11H2,1-3H3/t8?,9-/m0/s1. The molecule has 0 aromatic carbocycles. The molecule has 1 unspecified atom stereocenters. The van der Waals surface area contributed by atoms with Gasteiger partial charge in [0.25, 0.3) is 0 Å². The molecule has 14 heavy (non-hydrogen) atoms. The van der Waals surface area contributed by atoms with E-state index in [1.165, 1.54) is 0 Å². The molecule has 0 radical (unpaired) electrons. The van der Waals surface area contributed by atoms with Crippen molar-refractivity contribution in [3.8, 4) is 0 Å². The molecule has 0 aliphatic rings. The topological polar surface area (TPSA) is 69.4 Å². The summed E-state index contributed by atoms with van der Waals surface area (Å²) >= 11 is 0. The van der Waals surface area contributed by atoms with E-state index in [9.17, 15) is 9.59 Å². The number of esters is 1. The molecule has 0 bridgehead atoms. The lowest BCUT2D eigenvalue weighted by molar-refractivity contribution is -0.154. The zero-order valence-corrected chi connectivity index (χ0v) is 9.03. The van der Waals surface area contributed by atoms with Crippen molar-refractivity contribution in [3.63, 3.8) is 0 Å². The van der Waals surface area contributed by atoms with E-state index >= 15 is 0 Å². The maximum Gasteiger partial charge on any atom is 0.323 e. The van der Waals surface area contributed by atoms with Crippen molar-refractivity contribution in [2.24, 2.45) is 11.7 Å². The van der Waals surface area contributed by atoms with Crippen LogP contribution in [0.1, 0.15) is 33.6 Å². The minimum absolute atomic E-state index is 0.0245. The smallest absolute Gasteiger partial charge is 0.323 e. The lowest BCUT2D eigenvalue weighted by atomic mass is 10.1. The summed E-state index contributed by atoms with van der Waals surface area (Å²) in [5, 5.41) is 0. The highest BCUT2D eigenvalue weighted by Gasteiger charge is 2.21. The van der Waals surface area contributed by atoms with Crippen molar-refractivity contribution < 1.29 is 14.3 Å². The highest BCUT2D eigenvalue weighted by Crippen LogP contribution is 2.05. The summed E-state index contributed by atoms with van der Waals surface area (Å²) in [5.41, 5.74) is 5.57. The Morgan fingerprint density at radius 2 is 2.07 bits per heavy atom. The van der Waals surface area contributed by atoms with Crippen LogP contribution < -0.4 is 5.73 Å². The van der Waals surface area contributed by atoms with Gasteiger partial charge in [0.05, 0.1) is 0 Å². The van der Waals surface area contributed by atoms with E-state index in [0.717, 1.165) is 6.42 Å². The molecule has 2 N–H and O–H groups in total. The summed E-state index contributed by atoms with van der Waals surface area (Å²) in [5.74, 6) is -0.470. The molecule has 0 rings (SSSR count). The molecule has 2 atom stereocenters. The van der Waals surface area contributed by atoms with Gasteiger partial charge in [-0.15, -0.1) is 0 Å². The number of nitrogens with two attached hydrogens (primary N) is 1. The van der Waals surface area contributed by atoms with Gasteiger partial charge in [-0.2, -0.15) is 0 Å². The minimum Gasteiger partial charge on any atom is -0.454 e. The summed E-state index contributed by atoms with van der Waals surface area (Å²) in [6.45, 7) is 5.59. The number of ether oxygens (including phenoxy) is 1. The third-order valence-corrected chi connectivity index (χ3v) is 1.98. The van der Waals surface area contributed by atoms with Crippen LogP contribution in [0, 0.1) is 5.92 Å². The number of carbonyl (C=O) groups is 2. The second-order valence-corrected chi connectivity index (χ2v) is 3.67. The molecular weight excluding hydrogens is 182 g/mol. The van der Waals surface area contributed by atoms with Gasteiger partial charge in [0.1, 0.15) is 6.04 Å². The van der Waals surface area contributed by atoms with Crippen LogP contribution in [-0.2, 0) is 14.3 Å². The maximum atomic E-state index is 11.3. The Kier molecular flexibility index (Phi) is 6.12. The molecule has 0 saturated heterocycles. The van der Waals surface area contributed by atoms with Crippen LogP contribution in [0.2, 0.25) is 0 Å². The lowest BCUT2D eigenvalue weighted by Crippen LogP contribution is -2.39. The molecule has 0 aliphatic carbocycles. The number of rotatable bonds is 6. The second-order valence-electron chi connectivity index (χ2n) is 3.67. The number of hydrogen-bond acceptors (Lipinski definition) is 4. The lowest BCUT2D eigenvalue weighted by Gasteiger charge is -2.17. The van der Waals surface area contributed by atoms with E-state index in [2.05, 4.69) is 0 Å². The van der Waals surface area contributed by atoms with Crippen LogP contribution in [0.5, 0.6) is 0 Å². The molecule has 0 heterocycles. The first-order valence-electron chi connectivity index (χ1n) is 4.94. The zero-order valence-electron chi connectivity index (χ0n) is 9.03. The van der Waals surface area contributed by atoms with Crippen LogP contribution in [-0.4, -0.2) is 24.4 Å². The van der Waals surface area contributed by atoms with Crippen molar-refractivity contribution in [1.82, 2.24) is 0 Å². The molecule has 0 fully saturated rings. The third-order valence-electron chi connectivity index (χ3n) is 1.98.